The summed E-state index contributed by atoms with van der Waals surface area (Å²) < 4.78 is 0. The number of hydrogen-bond acceptors (Lipinski definition) is 2. The van der Waals surface area contributed by atoms with Gasteiger partial charge in [-0.1, -0.05) is 30.4 Å². The van der Waals surface area contributed by atoms with Crippen LogP contribution < -0.4 is 0 Å². The van der Waals surface area contributed by atoms with E-state index in [9.17, 15) is 4.79 Å². The Hall–Kier alpha value is -1.02. The van der Waals surface area contributed by atoms with E-state index in [2.05, 4.69) is 6.08 Å². The maximum absolute atomic E-state index is 11.1. The molecule has 0 saturated heterocycles. The fourth-order valence-electron chi connectivity index (χ4n) is 1.32. The van der Waals surface area contributed by atoms with E-state index in [-0.39, 0.29) is 11.0 Å². The van der Waals surface area contributed by atoms with E-state index in [1.165, 1.54) is 10.5 Å². The average molecular weight is 190 g/mol. The molecule has 2 heteroatoms. The number of thioether (sulfide) groups is 1. The molecule has 1 atom stereocenters. The van der Waals surface area contributed by atoms with Crippen LogP contribution in [0, 0.1) is 0 Å². The molecule has 0 fully saturated rings. The maximum atomic E-state index is 11.1. The standard InChI is InChI=1S/C11H10OS/c1-8(12)11-7-9-5-3-2-4-6-10(9)13-11/h2-7,11H,1H3. The third kappa shape index (κ3) is 1.68. The van der Waals surface area contributed by atoms with Gasteiger partial charge in [-0.25, -0.2) is 0 Å². The number of rotatable bonds is 1. The van der Waals surface area contributed by atoms with Crippen molar-refractivity contribution in [3.63, 3.8) is 0 Å². The van der Waals surface area contributed by atoms with Gasteiger partial charge in [0.15, 0.2) is 0 Å². The van der Waals surface area contributed by atoms with E-state index < -0.39 is 0 Å². The molecule has 66 valence electrons. The Balaban J connectivity index is 2.31. The molecule has 1 aliphatic carbocycles. The molecule has 0 saturated carbocycles. The largest absolute Gasteiger partial charge is 0.298 e. The minimum atomic E-state index is 0.0254. The SMILES string of the molecule is CC(=O)C1C=C2C=CC=CC=C2S1. The fraction of sp³-hybridized carbons (Fsp3) is 0.182. The summed E-state index contributed by atoms with van der Waals surface area (Å²) in [5.41, 5.74) is 1.18. The first-order valence-electron chi connectivity index (χ1n) is 4.22. The van der Waals surface area contributed by atoms with E-state index in [1.54, 1.807) is 18.7 Å². The summed E-state index contributed by atoms with van der Waals surface area (Å²) in [6, 6.07) is 0. The second-order valence-electron chi connectivity index (χ2n) is 3.05. The van der Waals surface area contributed by atoms with E-state index in [0.29, 0.717) is 0 Å². The molecular formula is C11H10OS. The number of carbonyl (C=O) groups is 1. The molecule has 1 heterocycles. The lowest BCUT2D eigenvalue weighted by Crippen LogP contribution is -2.06. The lowest BCUT2D eigenvalue weighted by Gasteiger charge is -2.00. The Morgan fingerprint density at radius 1 is 1.38 bits per heavy atom. The van der Waals surface area contributed by atoms with E-state index in [1.807, 2.05) is 30.4 Å². The van der Waals surface area contributed by atoms with E-state index in [4.69, 9.17) is 0 Å². The van der Waals surface area contributed by atoms with Crippen molar-refractivity contribution in [2.45, 2.75) is 12.2 Å². The number of hydrogen-bond donors (Lipinski definition) is 0. The highest BCUT2D eigenvalue weighted by Gasteiger charge is 2.23. The Morgan fingerprint density at radius 3 is 3.00 bits per heavy atom. The zero-order valence-electron chi connectivity index (χ0n) is 7.36. The van der Waals surface area contributed by atoms with Crippen LogP contribution in [-0.2, 0) is 4.79 Å². The van der Waals surface area contributed by atoms with Gasteiger partial charge in [-0.05, 0) is 18.6 Å². The minimum Gasteiger partial charge on any atom is -0.298 e. The van der Waals surface area contributed by atoms with Crippen LogP contribution in [0.4, 0.5) is 0 Å². The van der Waals surface area contributed by atoms with Crippen LogP contribution in [0.2, 0.25) is 0 Å². The molecule has 0 amide bonds. The lowest BCUT2D eigenvalue weighted by molar-refractivity contribution is -0.115. The zero-order chi connectivity index (χ0) is 9.26. The second-order valence-corrected chi connectivity index (χ2v) is 4.23. The summed E-state index contributed by atoms with van der Waals surface area (Å²) in [7, 11) is 0. The Morgan fingerprint density at radius 2 is 2.23 bits per heavy atom. The summed E-state index contributed by atoms with van der Waals surface area (Å²) in [5, 5.41) is 0.0254. The van der Waals surface area contributed by atoms with Gasteiger partial charge in [0.25, 0.3) is 0 Å². The molecule has 1 nitrogen and oxygen atoms in total. The highest BCUT2D eigenvalue weighted by molar-refractivity contribution is 8.05. The van der Waals surface area contributed by atoms with E-state index in [0.717, 1.165) is 0 Å². The molecule has 2 rings (SSSR count). The molecule has 0 spiro atoms. The number of ketones is 1. The molecule has 13 heavy (non-hydrogen) atoms. The Labute approximate surface area is 81.9 Å². The van der Waals surface area contributed by atoms with Crippen molar-refractivity contribution in [2.75, 3.05) is 0 Å². The van der Waals surface area contributed by atoms with Crippen molar-refractivity contribution >= 4 is 17.5 Å². The van der Waals surface area contributed by atoms with Crippen LogP contribution in [-0.4, -0.2) is 11.0 Å². The number of fused-ring (bicyclic) bond motifs is 1. The number of carbonyl (C=O) groups excluding carboxylic acids is 1. The highest BCUT2D eigenvalue weighted by atomic mass is 32.2. The first-order chi connectivity index (χ1) is 6.27. The van der Waals surface area contributed by atoms with Gasteiger partial charge in [-0.3, -0.25) is 4.79 Å². The van der Waals surface area contributed by atoms with Crippen LogP contribution >= 0.6 is 11.8 Å². The molecule has 0 radical (unpaired) electrons. The summed E-state index contributed by atoms with van der Waals surface area (Å²) in [5.74, 6) is 0.226. The van der Waals surface area contributed by atoms with Crippen LogP contribution in [0.15, 0.2) is 46.9 Å². The number of allylic oxidation sites excluding steroid dienone is 6. The van der Waals surface area contributed by atoms with Gasteiger partial charge in [0.1, 0.15) is 5.78 Å². The Bertz CT molecular complexity index is 358. The molecule has 0 aromatic rings. The first-order valence-corrected chi connectivity index (χ1v) is 5.09. The van der Waals surface area contributed by atoms with Crippen molar-refractivity contribution in [3.05, 3.63) is 46.9 Å². The van der Waals surface area contributed by atoms with Crippen molar-refractivity contribution in [1.29, 1.82) is 0 Å². The molecule has 2 aliphatic rings. The fourth-order valence-corrected chi connectivity index (χ4v) is 2.41. The smallest absolute Gasteiger partial charge is 0.146 e. The Kier molecular flexibility index (Phi) is 2.23. The van der Waals surface area contributed by atoms with Crippen LogP contribution in [0.1, 0.15) is 6.92 Å². The number of Topliss-reactive ketones (excluding diaryl/α,β-unsaturated/α-hetero) is 1. The average Bonchev–Trinajstić information content (AvgIpc) is 2.38. The molecule has 0 aromatic heterocycles. The van der Waals surface area contributed by atoms with Gasteiger partial charge >= 0.3 is 0 Å². The van der Waals surface area contributed by atoms with E-state index >= 15 is 0 Å². The topological polar surface area (TPSA) is 17.1 Å². The van der Waals surface area contributed by atoms with Crippen LogP contribution in [0.5, 0.6) is 0 Å². The third-order valence-electron chi connectivity index (χ3n) is 2.02. The van der Waals surface area contributed by atoms with Crippen molar-refractivity contribution < 1.29 is 4.79 Å². The minimum absolute atomic E-state index is 0.0254. The van der Waals surface area contributed by atoms with Crippen LogP contribution in [0.3, 0.4) is 0 Å². The van der Waals surface area contributed by atoms with Gasteiger partial charge in [-0.15, -0.1) is 11.8 Å². The lowest BCUT2D eigenvalue weighted by atomic mass is 10.2. The molecule has 0 bridgehead atoms. The molecular weight excluding hydrogens is 180 g/mol. The van der Waals surface area contributed by atoms with Gasteiger partial charge in [-0.2, -0.15) is 0 Å². The molecule has 1 unspecified atom stereocenters. The maximum Gasteiger partial charge on any atom is 0.146 e. The van der Waals surface area contributed by atoms with Gasteiger partial charge in [0.2, 0.25) is 0 Å². The first kappa shape index (κ1) is 8.57. The predicted molar refractivity (Wildman–Crippen MR) is 56.5 cm³/mol. The van der Waals surface area contributed by atoms with Gasteiger partial charge < -0.3 is 0 Å². The van der Waals surface area contributed by atoms with Gasteiger partial charge in [0.05, 0.1) is 5.25 Å². The second kappa shape index (κ2) is 3.38. The summed E-state index contributed by atoms with van der Waals surface area (Å²) in [6.45, 7) is 1.64. The summed E-state index contributed by atoms with van der Waals surface area (Å²) in [6.07, 6.45) is 12.1. The van der Waals surface area contributed by atoms with Crippen molar-refractivity contribution in [2.24, 2.45) is 0 Å². The normalized spacial score (nSPS) is 24.8. The monoisotopic (exact) mass is 190 g/mol. The predicted octanol–water partition coefficient (Wildman–Crippen LogP) is 2.63. The molecule has 0 aromatic carbocycles. The quantitative estimate of drug-likeness (QED) is 0.632. The zero-order valence-corrected chi connectivity index (χ0v) is 8.17. The van der Waals surface area contributed by atoms with Crippen LogP contribution in [0.25, 0.3) is 0 Å². The molecule has 0 N–H and O–H groups in total. The summed E-state index contributed by atoms with van der Waals surface area (Å²) in [4.78, 5) is 12.3. The van der Waals surface area contributed by atoms with Crippen molar-refractivity contribution in [3.8, 4) is 0 Å². The van der Waals surface area contributed by atoms with Crippen molar-refractivity contribution in [1.82, 2.24) is 0 Å². The highest BCUT2D eigenvalue weighted by Crippen LogP contribution is 2.38. The third-order valence-corrected chi connectivity index (χ3v) is 3.36. The van der Waals surface area contributed by atoms with Gasteiger partial charge in [0, 0.05) is 4.91 Å². The summed E-state index contributed by atoms with van der Waals surface area (Å²) >= 11 is 1.63. The molecule has 1 aliphatic heterocycles.